The third-order valence-corrected chi connectivity index (χ3v) is 6.01. The molecule has 0 bridgehead atoms. The monoisotopic (exact) mass is 497 g/mol. The van der Waals surface area contributed by atoms with Crippen molar-refractivity contribution in [3.05, 3.63) is 78.4 Å². The van der Waals surface area contributed by atoms with Crippen molar-refractivity contribution in [2.45, 2.75) is 6.92 Å². The van der Waals surface area contributed by atoms with Gasteiger partial charge in [0.1, 0.15) is 17.2 Å². The van der Waals surface area contributed by atoms with Crippen molar-refractivity contribution in [3.63, 3.8) is 0 Å². The molecular formula is C26H28ClN3O3S. The quantitative estimate of drug-likeness (QED) is 0.279. The number of nitrogens with zero attached hydrogens (tertiary/aromatic N) is 3. The standard InChI is InChI=1S/C26H27N3O3S.ClH/c1-4-31-21-13-14-23-24(18-21)33-26(27-23)29(16-15-28(2)3)25(30)19-9-8-12-22(17-19)32-20-10-6-5-7-11-20;/h5-14,17-18H,4,15-16H2,1-3H3;1H. The van der Waals surface area contributed by atoms with Crippen molar-refractivity contribution in [1.82, 2.24) is 9.88 Å². The Balaban J connectivity index is 0.00000324. The lowest BCUT2D eigenvalue weighted by atomic mass is 10.2. The largest absolute Gasteiger partial charge is 0.494 e. The highest BCUT2D eigenvalue weighted by Gasteiger charge is 2.22. The number of likely N-dealkylation sites (N-methyl/N-ethyl adjacent to an activating group) is 1. The highest BCUT2D eigenvalue weighted by Crippen LogP contribution is 2.32. The normalized spacial score (nSPS) is 10.7. The van der Waals surface area contributed by atoms with Gasteiger partial charge in [0.05, 0.1) is 16.8 Å². The molecule has 3 aromatic carbocycles. The Morgan fingerprint density at radius 2 is 1.68 bits per heavy atom. The van der Waals surface area contributed by atoms with Gasteiger partial charge in [-0.3, -0.25) is 9.69 Å². The number of hydrogen-bond acceptors (Lipinski definition) is 6. The first-order valence-electron chi connectivity index (χ1n) is 10.9. The maximum atomic E-state index is 13.6. The molecule has 0 unspecified atom stereocenters. The number of rotatable bonds is 9. The third-order valence-electron chi connectivity index (χ3n) is 4.97. The Morgan fingerprint density at radius 3 is 2.41 bits per heavy atom. The highest BCUT2D eigenvalue weighted by atomic mass is 35.5. The molecule has 6 nitrogen and oxygen atoms in total. The number of fused-ring (bicyclic) bond motifs is 1. The fraction of sp³-hybridized carbons (Fsp3) is 0.231. The van der Waals surface area contributed by atoms with E-state index in [4.69, 9.17) is 14.5 Å². The summed E-state index contributed by atoms with van der Waals surface area (Å²) in [5, 5.41) is 0.667. The number of thiazole rings is 1. The number of aromatic nitrogens is 1. The molecule has 1 heterocycles. The first-order chi connectivity index (χ1) is 16.0. The molecule has 0 atom stereocenters. The summed E-state index contributed by atoms with van der Waals surface area (Å²) in [5.74, 6) is 2.03. The minimum Gasteiger partial charge on any atom is -0.494 e. The van der Waals surface area contributed by atoms with Gasteiger partial charge < -0.3 is 14.4 Å². The predicted octanol–water partition coefficient (Wildman–Crippen LogP) is 6.12. The van der Waals surface area contributed by atoms with Crippen molar-refractivity contribution in [3.8, 4) is 17.2 Å². The maximum Gasteiger partial charge on any atom is 0.260 e. The lowest BCUT2D eigenvalue weighted by molar-refractivity contribution is 0.0985. The van der Waals surface area contributed by atoms with Crippen LogP contribution in [0, 0.1) is 0 Å². The Bertz CT molecular complexity index is 1230. The van der Waals surface area contributed by atoms with Crippen LogP contribution in [-0.4, -0.2) is 49.6 Å². The molecule has 34 heavy (non-hydrogen) atoms. The average Bonchev–Trinajstić information content (AvgIpc) is 3.23. The molecule has 0 aliphatic heterocycles. The number of carbonyl (C=O) groups is 1. The van der Waals surface area contributed by atoms with E-state index in [0.717, 1.165) is 21.7 Å². The van der Waals surface area contributed by atoms with E-state index >= 15 is 0 Å². The Labute approximate surface area is 210 Å². The molecule has 0 saturated heterocycles. The first-order valence-corrected chi connectivity index (χ1v) is 11.7. The molecule has 0 aliphatic rings. The minimum atomic E-state index is -0.112. The fourth-order valence-corrected chi connectivity index (χ4v) is 4.34. The molecule has 8 heteroatoms. The number of ether oxygens (including phenoxy) is 2. The van der Waals surface area contributed by atoms with E-state index in [1.54, 1.807) is 11.0 Å². The van der Waals surface area contributed by atoms with E-state index in [1.807, 2.05) is 87.7 Å². The van der Waals surface area contributed by atoms with Crippen LogP contribution in [0.5, 0.6) is 17.2 Å². The Hall–Kier alpha value is -3.13. The highest BCUT2D eigenvalue weighted by molar-refractivity contribution is 7.22. The van der Waals surface area contributed by atoms with Crippen molar-refractivity contribution in [1.29, 1.82) is 0 Å². The van der Waals surface area contributed by atoms with Gasteiger partial charge in [-0.25, -0.2) is 4.98 Å². The van der Waals surface area contributed by atoms with E-state index in [0.29, 0.717) is 36.1 Å². The van der Waals surface area contributed by atoms with Gasteiger partial charge in [0.25, 0.3) is 5.91 Å². The summed E-state index contributed by atoms with van der Waals surface area (Å²) in [5.41, 5.74) is 1.40. The molecule has 0 saturated carbocycles. The molecular weight excluding hydrogens is 470 g/mol. The summed E-state index contributed by atoms with van der Waals surface area (Å²) in [7, 11) is 3.98. The number of para-hydroxylation sites is 1. The number of halogens is 1. The molecule has 0 aliphatic carbocycles. The zero-order valence-electron chi connectivity index (χ0n) is 19.4. The molecule has 0 fully saturated rings. The zero-order valence-corrected chi connectivity index (χ0v) is 21.1. The number of hydrogen-bond donors (Lipinski definition) is 0. The summed E-state index contributed by atoms with van der Waals surface area (Å²) in [6.45, 7) is 3.80. The molecule has 178 valence electrons. The molecule has 4 aromatic rings. The van der Waals surface area contributed by atoms with Crippen LogP contribution < -0.4 is 14.4 Å². The Morgan fingerprint density at radius 1 is 0.912 bits per heavy atom. The maximum absolute atomic E-state index is 13.6. The van der Waals surface area contributed by atoms with Gasteiger partial charge in [-0.05, 0) is 69.6 Å². The van der Waals surface area contributed by atoms with E-state index in [9.17, 15) is 4.79 Å². The van der Waals surface area contributed by atoms with Crippen molar-refractivity contribution < 1.29 is 14.3 Å². The number of anilines is 1. The second kappa shape index (κ2) is 11.8. The second-order valence-corrected chi connectivity index (χ2v) is 8.77. The van der Waals surface area contributed by atoms with Gasteiger partial charge in [0, 0.05) is 18.7 Å². The van der Waals surface area contributed by atoms with Crippen LogP contribution in [-0.2, 0) is 0 Å². The second-order valence-electron chi connectivity index (χ2n) is 7.76. The molecule has 0 spiro atoms. The van der Waals surface area contributed by atoms with E-state index < -0.39 is 0 Å². The van der Waals surface area contributed by atoms with Gasteiger partial charge in [-0.15, -0.1) is 12.4 Å². The van der Waals surface area contributed by atoms with Crippen LogP contribution in [0.4, 0.5) is 5.13 Å². The third kappa shape index (κ3) is 6.26. The van der Waals surface area contributed by atoms with Crippen molar-refractivity contribution in [2.75, 3.05) is 38.7 Å². The summed E-state index contributed by atoms with van der Waals surface area (Å²) < 4.78 is 12.5. The topological polar surface area (TPSA) is 54.9 Å². The Kier molecular flexibility index (Phi) is 8.87. The van der Waals surface area contributed by atoms with Crippen LogP contribution in [0.25, 0.3) is 10.2 Å². The van der Waals surface area contributed by atoms with E-state index in [1.165, 1.54) is 11.3 Å². The predicted molar refractivity (Wildman–Crippen MR) is 141 cm³/mol. The van der Waals surface area contributed by atoms with Gasteiger partial charge >= 0.3 is 0 Å². The van der Waals surface area contributed by atoms with Gasteiger partial charge in [0.15, 0.2) is 5.13 Å². The first kappa shape index (κ1) is 25.5. The summed E-state index contributed by atoms with van der Waals surface area (Å²) in [6.07, 6.45) is 0. The number of amides is 1. The van der Waals surface area contributed by atoms with Gasteiger partial charge in [-0.1, -0.05) is 35.6 Å². The summed E-state index contributed by atoms with van der Waals surface area (Å²) in [6, 6.07) is 22.6. The van der Waals surface area contributed by atoms with Crippen LogP contribution in [0.2, 0.25) is 0 Å². The van der Waals surface area contributed by atoms with E-state index in [-0.39, 0.29) is 18.3 Å². The van der Waals surface area contributed by atoms with E-state index in [2.05, 4.69) is 4.90 Å². The molecule has 0 radical (unpaired) electrons. The smallest absolute Gasteiger partial charge is 0.260 e. The zero-order chi connectivity index (χ0) is 23.2. The van der Waals surface area contributed by atoms with Crippen LogP contribution in [0.15, 0.2) is 72.8 Å². The molecule has 1 amide bonds. The fourth-order valence-electron chi connectivity index (χ4n) is 3.32. The SMILES string of the molecule is CCOc1ccc2nc(N(CCN(C)C)C(=O)c3cccc(Oc4ccccc4)c3)sc2c1.Cl. The van der Waals surface area contributed by atoms with Gasteiger partial charge in [0.2, 0.25) is 0 Å². The van der Waals surface area contributed by atoms with Crippen LogP contribution >= 0.6 is 23.7 Å². The van der Waals surface area contributed by atoms with Gasteiger partial charge in [-0.2, -0.15) is 0 Å². The lowest BCUT2D eigenvalue weighted by Crippen LogP contribution is -2.36. The number of benzene rings is 3. The molecule has 4 rings (SSSR count). The van der Waals surface area contributed by atoms with Crippen molar-refractivity contribution >= 4 is 45.0 Å². The molecule has 1 aromatic heterocycles. The summed E-state index contributed by atoms with van der Waals surface area (Å²) >= 11 is 1.49. The lowest BCUT2D eigenvalue weighted by Gasteiger charge is -2.22. The molecule has 0 N–H and O–H groups in total. The summed E-state index contributed by atoms with van der Waals surface area (Å²) in [4.78, 5) is 22.1. The van der Waals surface area contributed by atoms with Crippen molar-refractivity contribution in [2.24, 2.45) is 0 Å². The van der Waals surface area contributed by atoms with Crippen LogP contribution in [0.1, 0.15) is 17.3 Å². The minimum absolute atomic E-state index is 0. The number of carbonyl (C=O) groups excluding carboxylic acids is 1. The van der Waals surface area contributed by atoms with Crippen LogP contribution in [0.3, 0.4) is 0 Å². The average molecular weight is 498 g/mol.